The quantitative estimate of drug-likeness (QED) is 0.486. The molecule has 3 rings (SSSR count). The summed E-state index contributed by atoms with van der Waals surface area (Å²) in [5.41, 5.74) is 0.992. The van der Waals surface area contributed by atoms with Crippen molar-refractivity contribution in [2.45, 2.75) is 37.8 Å². The summed E-state index contributed by atoms with van der Waals surface area (Å²) >= 11 is 12.7. The maximum Gasteiger partial charge on any atom is 0.407 e. The van der Waals surface area contributed by atoms with Crippen LogP contribution >= 0.6 is 23.2 Å². The average molecular weight is 556 g/mol. The molecule has 0 amide bonds. The molecule has 7 nitrogen and oxygen atoms in total. The predicted molar refractivity (Wildman–Crippen MR) is 132 cm³/mol. The van der Waals surface area contributed by atoms with Gasteiger partial charge in [-0.2, -0.15) is 18.3 Å². The van der Waals surface area contributed by atoms with Gasteiger partial charge < -0.3 is 9.80 Å². The Balaban J connectivity index is 1.88. The molecule has 0 unspecified atom stereocenters. The Hall–Kier alpha value is -1.53. The van der Waals surface area contributed by atoms with Crippen LogP contribution in [0.4, 0.5) is 18.9 Å². The van der Waals surface area contributed by atoms with E-state index in [-0.39, 0.29) is 27.1 Å². The second-order valence-electron chi connectivity index (χ2n) is 8.91. The maximum atomic E-state index is 13.5. The molecule has 13 heteroatoms. The van der Waals surface area contributed by atoms with E-state index in [1.165, 1.54) is 37.7 Å². The highest BCUT2D eigenvalue weighted by atomic mass is 35.5. The van der Waals surface area contributed by atoms with Crippen LogP contribution in [0.2, 0.25) is 10.0 Å². The summed E-state index contributed by atoms with van der Waals surface area (Å²) in [4.78, 5) is 4.08. The van der Waals surface area contributed by atoms with Crippen molar-refractivity contribution in [1.29, 1.82) is 0 Å². The van der Waals surface area contributed by atoms with Gasteiger partial charge in [-0.3, -0.25) is 8.99 Å². The molecule has 0 spiro atoms. The highest BCUT2D eigenvalue weighted by molar-refractivity contribution is 7.93. The molecule has 1 saturated heterocycles. The number of piperazine rings is 1. The first-order valence-corrected chi connectivity index (χ1v) is 13.4. The Morgan fingerprint density at radius 1 is 1.06 bits per heavy atom. The van der Waals surface area contributed by atoms with Crippen LogP contribution in [0.25, 0.3) is 0 Å². The second-order valence-corrected chi connectivity index (χ2v) is 11.5. The summed E-state index contributed by atoms with van der Waals surface area (Å²) in [5, 5.41) is 3.66. The summed E-state index contributed by atoms with van der Waals surface area (Å²) < 4.78 is 69.1. The van der Waals surface area contributed by atoms with Gasteiger partial charge in [0.1, 0.15) is 11.4 Å². The van der Waals surface area contributed by atoms with Gasteiger partial charge in [0.05, 0.1) is 27.1 Å². The third-order valence-electron chi connectivity index (χ3n) is 6.18. The highest BCUT2D eigenvalue weighted by Crippen LogP contribution is 2.38. The normalized spacial score (nSPS) is 16.1. The minimum atomic E-state index is -4.80. The van der Waals surface area contributed by atoms with E-state index in [9.17, 15) is 21.6 Å². The summed E-state index contributed by atoms with van der Waals surface area (Å²) in [5.74, 6) is 0. The molecule has 1 aromatic carbocycles. The van der Waals surface area contributed by atoms with Gasteiger partial charge in [-0.25, -0.2) is 8.42 Å². The number of aryl methyl sites for hydroxylation is 3. The molecule has 1 aromatic heterocycles. The Morgan fingerprint density at radius 2 is 1.63 bits per heavy atom. The molecular weight excluding hydrogens is 526 g/mol. The van der Waals surface area contributed by atoms with Crippen LogP contribution < -0.4 is 4.31 Å². The van der Waals surface area contributed by atoms with Gasteiger partial charge >= 0.3 is 6.18 Å². The number of hydrogen-bond acceptors (Lipinski definition) is 5. The van der Waals surface area contributed by atoms with Crippen molar-refractivity contribution in [3.05, 3.63) is 39.1 Å². The Labute approximate surface area is 214 Å². The molecule has 2 aromatic rings. The van der Waals surface area contributed by atoms with Crippen molar-refractivity contribution < 1.29 is 21.6 Å². The van der Waals surface area contributed by atoms with Gasteiger partial charge in [-0.15, -0.1) is 0 Å². The predicted octanol–water partition coefficient (Wildman–Crippen LogP) is 4.28. The number of alkyl halides is 3. The number of sulfonamides is 1. The second kappa shape index (κ2) is 10.8. The zero-order valence-corrected chi connectivity index (χ0v) is 22.5. The lowest BCUT2D eigenvalue weighted by Crippen LogP contribution is -2.44. The van der Waals surface area contributed by atoms with Crippen LogP contribution in [0.15, 0.2) is 17.0 Å². The third-order valence-corrected chi connectivity index (χ3v) is 8.85. The number of rotatable bonds is 8. The lowest BCUT2D eigenvalue weighted by atomic mass is 10.1. The number of anilines is 1. The largest absolute Gasteiger partial charge is 0.407 e. The number of halogens is 5. The average Bonchev–Trinajstić information content (AvgIpc) is 2.97. The lowest BCUT2D eigenvalue weighted by Gasteiger charge is -2.32. The van der Waals surface area contributed by atoms with Gasteiger partial charge in [0.25, 0.3) is 10.0 Å². The highest BCUT2D eigenvalue weighted by Gasteiger charge is 2.41. The minimum Gasteiger partial charge on any atom is -0.304 e. The fourth-order valence-electron chi connectivity index (χ4n) is 4.26. The SMILES string of the molecule is Cc1nn(C)c(C)c1N(CC(F)(F)F)S(=O)(=O)c1c(Cl)cc(CCCN2CCN(C)CC2)cc1Cl. The zero-order valence-electron chi connectivity index (χ0n) is 20.2. The zero-order chi connectivity index (χ0) is 26.1. The van der Waals surface area contributed by atoms with Crippen molar-refractivity contribution >= 4 is 38.9 Å². The molecule has 0 aliphatic carbocycles. The molecule has 0 radical (unpaired) electrons. The molecule has 1 fully saturated rings. The Bertz CT molecular complexity index is 1140. The van der Waals surface area contributed by atoms with E-state index in [4.69, 9.17) is 23.2 Å². The van der Waals surface area contributed by atoms with Crippen molar-refractivity contribution in [3.63, 3.8) is 0 Å². The van der Waals surface area contributed by atoms with E-state index in [0.717, 1.165) is 44.7 Å². The molecule has 1 aliphatic rings. The summed E-state index contributed by atoms with van der Waals surface area (Å²) in [6, 6.07) is 2.94. The lowest BCUT2D eigenvalue weighted by molar-refractivity contribution is -0.117. The topological polar surface area (TPSA) is 61.7 Å². The van der Waals surface area contributed by atoms with Crippen LogP contribution in [-0.4, -0.2) is 80.5 Å². The van der Waals surface area contributed by atoms with Crippen LogP contribution in [0.5, 0.6) is 0 Å². The van der Waals surface area contributed by atoms with Gasteiger partial charge in [-0.05, 0) is 58.0 Å². The fraction of sp³-hybridized carbons (Fsp3) is 0.591. The first kappa shape index (κ1) is 28.0. The standard InChI is InChI=1S/C22H30Cl2F3N5O2S/c1-15-20(16(2)30(4)28-15)32(14-22(25,26)27)35(33,34)21-18(23)12-17(13-19(21)24)6-5-7-31-10-8-29(3)9-11-31/h12-13H,5-11,14H2,1-4H3. The minimum absolute atomic E-state index is 0.144. The fourth-order valence-corrected chi connectivity index (χ4v) is 7.03. The molecule has 1 aliphatic heterocycles. The van der Waals surface area contributed by atoms with Crippen molar-refractivity contribution in [1.82, 2.24) is 19.6 Å². The molecule has 0 bridgehead atoms. The van der Waals surface area contributed by atoms with E-state index < -0.39 is 27.6 Å². The first-order valence-electron chi connectivity index (χ1n) is 11.2. The number of likely N-dealkylation sites (N-methyl/N-ethyl adjacent to an activating group) is 1. The Kier molecular flexibility index (Phi) is 8.69. The van der Waals surface area contributed by atoms with Gasteiger partial charge in [-0.1, -0.05) is 23.2 Å². The first-order chi connectivity index (χ1) is 16.2. The van der Waals surface area contributed by atoms with E-state index in [2.05, 4.69) is 21.9 Å². The smallest absolute Gasteiger partial charge is 0.304 e. The number of benzene rings is 1. The van der Waals surface area contributed by atoms with Gasteiger partial charge in [0, 0.05) is 33.2 Å². The molecular formula is C22H30Cl2F3N5O2S. The third kappa shape index (κ3) is 6.62. The maximum absolute atomic E-state index is 13.5. The molecule has 35 heavy (non-hydrogen) atoms. The number of hydrogen-bond donors (Lipinski definition) is 0. The van der Waals surface area contributed by atoms with Crippen LogP contribution in [0, 0.1) is 13.8 Å². The summed E-state index contributed by atoms with van der Waals surface area (Å²) in [7, 11) is -1.14. The van der Waals surface area contributed by atoms with Crippen LogP contribution in [0.1, 0.15) is 23.4 Å². The van der Waals surface area contributed by atoms with Gasteiger partial charge in [0.2, 0.25) is 0 Å². The van der Waals surface area contributed by atoms with Crippen LogP contribution in [-0.2, 0) is 23.5 Å². The molecule has 196 valence electrons. The van der Waals surface area contributed by atoms with Crippen LogP contribution in [0.3, 0.4) is 0 Å². The molecule has 0 N–H and O–H groups in total. The van der Waals surface area contributed by atoms with Crippen molar-refractivity contribution in [2.24, 2.45) is 7.05 Å². The van der Waals surface area contributed by atoms with Gasteiger partial charge in [0.15, 0.2) is 0 Å². The molecule has 0 atom stereocenters. The molecule has 2 heterocycles. The van der Waals surface area contributed by atoms with E-state index >= 15 is 0 Å². The van der Waals surface area contributed by atoms with E-state index in [0.29, 0.717) is 10.7 Å². The molecule has 0 saturated carbocycles. The van der Waals surface area contributed by atoms with E-state index in [1.54, 1.807) is 0 Å². The number of aromatic nitrogens is 2. The number of nitrogens with zero attached hydrogens (tertiary/aromatic N) is 5. The summed E-state index contributed by atoms with van der Waals surface area (Å²) in [6.07, 6.45) is -3.38. The summed E-state index contributed by atoms with van der Waals surface area (Å²) in [6.45, 7) is 6.08. The van der Waals surface area contributed by atoms with E-state index in [1.807, 2.05) is 0 Å². The van der Waals surface area contributed by atoms with Crippen molar-refractivity contribution in [3.8, 4) is 0 Å². The Morgan fingerprint density at radius 3 is 2.11 bits per heavy atom. The van der Waals surface area contributed by atoms with Crippen molar-refractivity contribution in [2.75, 3.05) is 50.6 Å². The monoisotopic (exact) mass is 555 g/mol.